The average Bonchev–Trinajstić information content (AvgIpc) is 2.95. The first kappa shape index (κ1) is 21.0. The van der Waals surface area contributed by atoms with Crippen molar-refractivity contribution in [2.45, 2.75) is 38.3 Å². The molecule has 0 N–H and O–H groups in total. The van der Waals surface area contributed by atoms with Gasteiger partial charge < -0.3 is 0 Å². The number of hydrogen-bond acceptors (Lipinski definition) is 4. The van der Waals surface area contributed by atoms with Gasteiger partial charge in [-0.3, -0.25) is 4.79 Å². The van der Waals surface area contributed by atoms with E-state index in [-0.39, 0.29) is 9.31 Å². The summed E-state index contributed by atoms with van der Waals surface area (Å²) in [5.74, 6) is -2.86. The summed E-state index contributed by atoms with van der Waals surface area (Å²) in [6, 6.07) is 10.6. The monoisotopic (exact) mass is 424 g/mol. The molecule has 1 aliphatic rings. The number of rotatable bonds is 4. The zero-order valence-electron chi connectivity index (χ0n) is 16.0. The molecule has 0 aliphatic carbocycles. The Morgan fingerprint density at radius 2 is 1.66 bits per heavy atom. The summed E-state index contributed by atoms with van der Waals surface area (Å²) < 4.78 is 64.1. The van der Waals surface area contributed by atoms with Crippen molar-refractivity contribution in [2.75, 3.05) is 0 Å². The van der Waals surface area contributed by atoms with Gasteiger partial charge in [-0.25, -0.2) is 0 Å². The minimum Gasteiger partial charge on any atom is -0.271 e. The van der Waals surface area contributed by atoms with Crippen LogP contribution < -0.4 is 0 Å². The number of hydrogen-bond donors (Lipinski definition) is 0. The number of carbonyl (C=O) groups is 1. The normalized spacial score (nSPS) is 17.2. The minimum absolute atomic E-state index is 0.167. The van der Waals surface area contributed by atoms with Gasteiger partial charge in [-0.2, -0.15) is 26.7 Å². The van der Waals surface area contributed by atoms with Crippen LogP contribution in [0.4, 0.5) is 13.2 Å². The first-order valence-corrected chi connectivity index (χ1v) is 10.2. The van der Waals surface area contributed by atoms with Crippen LogP contribution in [0.3, 0.4) is 0 Å². The third-order valence-corrected chi connectivity index (χ3v) is 6.42. The van der Waals surface area contributed by atoms with Crippen LogP contribution in [-0.2, 0) is 14.8 Å². The quantitative estimate of drug-likeness (QED) is 0.732. The lowest BCUT2D eigenvalue weighted by atomic mass is 9.98. The van der Waals surface area contributed by atoms with E-state index in [9.17, 15) is 26.4 Å². The molecule has 1 heterocycles. The number of aryl methyl sites for hydroxylation is 3. The fourth-order valence-electron chi connectivity index (χ4n) is 3.22. The van der Waals surface area contributed by atoms with Gasteiger partial charge in [0, 0.05) is 6.21 Å². The van der Waals surface area contributed by atoms with Crippen LogP contribution in [0.15, 0.2) is 46.4 Å². The molecule has 0 bridgehead atoms. The molecule has 5 nitrogen and oxygen atoms in total. The second kappa shape index (κ2) is 7.29. The van der Waals surface area contributed by atoms with E-state index in [1.165, 1.54) is 6.07 Å². The van der Waals surface area contributed by atoms with Crippen molar-refractivity contribution in [3.05, 3.63) is 53.1 Å². The van der Waals surface area contributed by atoms with Crippen molar-refractivity contribution in [3.63, 3.8) is 0 Å². The summed E-state index contributed by atoms with van der Waals surface area (Å²) in [6.07, 6.45) is -5.33. The van der Waals surface area contributed by atoms with E-state index in [4.69, 9.17) is 0 Å². The van der Waals surface area contributed by atoms with Gasteiger partial charge in [-0.1, -0.05) is 35.9 Å². The highest BCUT2D eigenvalue weighted by Gasteiger charge is 2.43. The van der Waals surface area contributed by atoms with Gasteiger partial charge in [0.2, 0.25) is 0 Å². The molecular weight excluding hydrogens is 405 g/mol. The van der Waals surface area contributed by atoms with Crippen LogP contribution in [0.1, 0.15) is 23.1 Å². The van der Waals surface area contributed by atoms with Crippen LogP contribution in [-0.4, -0.2) is 31.1 Å². The summed E-state index contributed by atoms with van der Waals surface area (Å²) >= 11 is 0. The molecule has 154 valence electrons. The third-order valence-electron chi connectivity index (χ3n) is 4.70. The number of carbonyl (C=O) groups excluding carboxylic acids is 1. The Morgan fingerprint density at radius 3 is 2.24 bits per heavy atom. The predicted molar refractivity (Wildman–Crippen MR) is 103 cm³/mol. The molecule has 0 spiro atoms. The van der Waals surface area contributed by atoms with E-state index >= 15 is 0 Å². The largest absolute Gasteiger partial charge is 0.390 e. The molecule has 1 atom stereocenters. The fourth-order valence-corrected chi connectivity index (χ4v) is 4.69. The number of benzene rings is 2. The van der Waals surface area contributed by atoms with E-state index in [1.807, 2.05) is 38.1 Å². The Kier molecular flexibility index (Phi) is 5.29. The molecule has 1 amide bonds. The van der Waals surface area contributed by atoms with E-state index < -0.39 is 34.4 Å². The highest BCUT2D eigenvalue weighted by atomic mass is 32.2. The molecule has 0 fully saturated rings. The number of nitrogens with zero attached hydrogens (tertiary/aromatic N) is 2. The molecular formula is C20H19F3N2O3S. The predicted octanol–water partition coefficient (Wildman–Crippen LogP) is 4.36. The Balaban J connectivity index is 2.02. The molecule has 29 heavy (non-hydrogen) atoms. The summed E-state index contributed by atoms with van der Waals surface area (Å²) in [5.41, 5.74) is 3.68. The SMILES string of the molecule is Cc1ccc(-c2cc(S(=O)(=O)N3N=CC(CC(F)(F)F)C3=O)c(C)cc2C)cc1. The molecule has 0 radical (unpaired) electrons. The van der Waals surface area contributed by atoms with Crippen LogP contribution in [0.25, 0.3) is 11.1 Å². The van der Waals surface area contributed by atoms with E-state index in [0.717, 1.165) is 22.9 Å². The minimum atomic E-state index is -4.61. The summed E-state index contributed by atoms with van der Waals surface area (Å²) in [7, 11) is -4.44. The van der Waals surface area contributed by atoms with Crippen LogP contribution >= 0.6 is 0 Å². The van der Waals surface area contributed by atoms with Crippen molar-refractivity contribution in [1.29, 1.82) is 0 Å². The number of halogens is 3. The van der Waals surface area contributed by atoms with E-state index in [1.54, 1.807) is 13.0 Å². The Labute approximate surface area is 166 Å². The number of sulfonamides is 1. The maximum Gasteiger partial charge on any atom is 0.390 e. The van der Waals surface area contributed by atoms with Crippen molar-refractivity contribution < 1.29 is 26.4 Å². The van der Waals surface area contributed by atoms with Crippen molar-refractivity contribution in [3.8, 4) is 11.1 Å². The molecule has 1 unspecified atom stereocenters. The van der Waals surface area contributed by atoms with E-state index in [2.05, 4.69) is 5.10 Å². The number of alkyl halides is 3. The van der Waals surface area contributed by atoms with Crippen molar-refractivity contribution in [1.82, 2.24) is 4.41 Å². The van der Waals surface area contributed by atoms with Crippen LogP contribution in [0.5, 0.6) is 0 Å². The molecule has 0 aromatic heterocycles. The topological polar surface area (TPSA) is 66.8 Å². The summed E-state index contributed by atoms with van der Waals surface area (Å²) in [6.45, 7) is 5.32. The van der Waals surface area contributed by atoms with Gasteiger partial charge >= 0.3 is 6.18 Å². The zero-order valence-corrected chi connectivity index (χ0v) is 16.8. The van der Waals surface area contributed by atoms with Gasteiger partial charge in [-0.15, -0.1) is 4.41 Å². The summed E-state index contributed by atoms with van der Waals surface area (Å²) in [4.78, 5) is 12.1. The molecule has 2 aromatic carbocycles. The third kappa shape index (κ3) is 4.19. The summed E-state index contributed by atoms with van der Waals surface area (Å²) in [5, 5.41) is 3.48. The highest BCUT2D eigenvalue weighted by Crippen LogP contribution is 2.34. The van der Waals surface area contributed by atoms with Gasteiger partial charge in [0.25, 0.3) is 15.9 Å². The van der Waals surface area contributed by atoms with Gasteiger partial charge in [-0.05, 0) is 49.1 Å². The molecule has 1 aliphatic heterocycles. The van der Waals surface area contributed by atoms with Crippen LogP contribution in [0.2, 0.25) is 0 Å². The lowest BCUT2D eigenvalue weighted by molar-refractivity contribution is -0.150. The molecule has 3 rings (SSSR count). The first-order chi connectivity index (χ1) is 13.4. The van der Waals surface area contributed by atoms with E-state index in [0.29, 0.717) is 11.1 Å². The maximum absolute atomic E-state index is 13.0. The number of amides is 1. The molecule has 0 saturated carbocycles. The van der Waals surface area contributed by atoms with Gasteiger partial charge in [0.05, 0.1) is 17.2 Å². The second-order valence-corrected chi connectivity index (χ2v) is 8.81. The zero-order chi connectivity index (χ0) is 21.6. The highest BCUT2D eigenvalue weighted by molar-refractivity contribution is 7.89. The van der Waals surface area contributed by atoms with Crippen molar-refractivity contribution in [2.24, 2.45) is 11.0 Å². The Morgan fingerprint density at radius 1 is 1.03 bits per heavy atom. The standard InChI is InChI=1S/C20H19F3N2O3S/c1-12-4-6-15(7-5-12)17-9-18(14(3)8-13(17)2)29(27,28)25-19(26)16(11-24-25)10-20(21,22)23/h4-9,11,16H,10H2,1-3H3. The molecule has 2 aromatic rings. The average molecular weight is 424 g/mol. The lowest BCUT2D eigenvalue weighted by Gasteiger charge is -2.18. The van der Waals surface area contributed by atoms with Gasteiger partial charge in [0.15, 0.2) is 0 Å². The Hall–Kier alpha value is -2.68. The lowest BCUT2D eigenvalue weighted by Crippen LogP contribution is -2.34. The first-order valence-electron chi connectivity index (χ1n) is 8.78. The molecule has 0 saturated heterocycles. The van der Waals surface area contributed by atoms with Crippen LogP contribution in [0, 0.1) is 26.7 Å². The Bertz CT molecular complexity index is 1090. The van der Waals surface area contributed by atoms with Crippen molar-refractivity contribution >= 4 is 22.1 Å². The smallest absolute Gasteiger partial charge is 0.271 e. The maximum atomic E-state index is 13.0. The van der Waals surface area contributed by atoms with Gasteiger partial charge in [0.1, 0.15) is 0 Å². The molecule has 9 heteroatoms. The fraction of sp³-hybridized carbons (Fsp3) is 0.300. The second-order valence-electron chi connectivity index (χ2n) is 7.08. The number of hydrazone groups is 1.